The topological polar surface area (TPSA) is 26.0 Å². The first-order valence-corrected chi connectivity index (χ1v) is 9.81. The van der Waals surface area contributed by atoms with Gasteiger partial charge in [0.2, 0.25) is 0 Å². The normalized spacial score (nSPS) is 13.6. The van der Waals surface area contributed by atoms with Crippen molar-refractivity contribution in [1.82, 2.24) is 0 Å². The Kier molecular flexibility index (Phi) is 13.6. The molecule has 0 amide bonds. The second-order valence-electron chi connectivity index (χ2n) is 7.63. The molecule has 0 spiro atoms. The lowest BCUT2D eigenvalue weighted by Crippen LogP contribution is -2.40. The molecule has 0 aromatic rings. The third-order valence-electron chi connectivity index (χ3n) is 4.86. The van der Waals surface area contributed by atoms with Crippen molar-refractivity contribution in [3.05, 3.63) is 0 Å². The van der Waals surface area contributed by atoms with E-state index in [4.69, 9.17) is 5.73 Å². The van der Waals surface area contributed by atoms with Crippen LogP contribution in [0.15, 0.2) is 0 Å². The SMILES string of the molecule is CCCCCCCCCCC(CCCCCC)C(C)(C)N. The highest BCUT2D eigenvalue weighted by Crippen LogP contribution is 2.27. The summed E-state index contributed by atoms with van der Waals surface area (Å²) >= 11 is 0. The van der Waals surface area contributed by atoms with Crippen LogP contribution in [0.2, 0.25) is 0 Å². The highest BCUT2D eigenvalue weighted by molar-refractivity contribution is 4.82. The lowest BCUT2D eigenvalue weighted by molar-refractivity contribution is 0.267. The zero-order chi connectivity index (χ0) is 16.0. The Morgan fingerprint density at radius 3 is 1.33 bits per heavy atom. The fourth-order valence-corrected chi connectivity index (χ4v) is 3.23. The van der Waals surface area contributed by atoms with E-state index in [0.717, 1.165) is 5.92 Å². The number of unbranched alkanes of at least 4 members (excludes halogenated alkanes) is 10. The summed E-state index contributed by atoms with van der Waals surface area (Å²) in [5.74, 6) is 0.717. The Bertz CT molecular complexity index is 204. The van der Waals surface area contributed by atoms with Gasteiger partial charge in [-0.25, -0.2) is 0 Å². The van der Waals surface area contributed by atoms with Crippen LogP contribution in [0.4, 0.5) is 0 Å². The summed E-state index contributed by atoms with van der Waals surface area (Å²) in [6.07, 6.45) is 19.5. The largest absolute Gasteiger partial charge is 0.325 e. The molecule has 0 heterocycles. The third kappa shape index (κ3) is 13.4. The van der Waals surface area contributed by atoms with E-state index in [1.54, 1.807) is 0 Å². The lowest BCUT2D eigenvalue weighted by Gasteiger charge is -2.31. The monoisotopic (exact) mass is 297 g/mol. The maximum Gasteiger partial charge on any atom is 0.0125 e. The molecule has 1 unspecified atom stereocenters. The van der Waals surface area contributed by atoms with Crippen LogP contribution in [-0.2, 0) is 0 Å². The maximum atomic E-state index is 6.39. The van der Waals surface area contributed by atoms with E-state index in [9.17, 15) is 0 Å². The number of rotatable bonds is 15. The van der Waals surface area contributed by atoms with Gasteiger partial charge < -0.3 is 5.73 Å². The van der Waals surface area contributed by atoms with Crippen LogP contribution in [-0.4, -0.2) is 5.54 Å². The average Bonchev–Trinajstić information content (AvgIpc) is 2.42. The summed E-state index contributed by atoms with van der Waals surface area (Å²) in [7, 11) is 0. The molecular weight excluding hydrogens is 254 g/mol. The van der Waals surface area contributed by atoms with Crippen molar-refractivity contribution in [2.45, 2.75) is 123 Å². The molecule has 0 rings (SSSR count). The molecule has 1 heteroatoms. The van der Waals surface area contributed by atoms with E-state index >= 15 is 0 Å². The fraction of sp³-hybridized carbons (Fsp3) is 1.00. The average molecular weight is 298 g/mol. The molecule has 0 fully saturated rings. The van der Waals surface area contributed by atoms with Gasteiger partial charge in [0.15, 0.2) is 0 Å². The Balaban J connectivity index is 3.67. The maximum absolute atomic E-state index is 6.39. The first-order chi connectivity index (χ1) is 10.0. The van der Waals surface area contributed by atoms with Gasteiger partial charge in [0.1, 0.15) is 0 Å². The van der Waals surface area contributed by atoms with Crippen LogP contribution in [0, 0.1) is 5.92 Å². The van der Waals surface area contributed by atoms with Gasteiger partial charge in [0.25, 0.3) is 0 Å². The molecule has 0 aliphatic carbocycles. The summed E-state index contributed by atoms with van der Waals surface area (Å²) in [4.78, 5) is 0. The molecule has 0 aromatic heterocycles. The van der Waals surface area contributed by atoms with E-state index in [-0.39, 0.29) is 5.54 Å². The molecular formula is C20H43N. The molecule has 2 N–H and O–H groups in total. The Labute approximate surface area is 135 Å². The van der Waals surface area contributed by atoms with Crippen molar-refractivity contribution >= 4 is 0 Å². The van der Waals surface area contributed by atoms with Crippen molar-refractivity contribution in [3.63, 3.8) is 0 Å². The van der Waals surface area contributed by atoms with Gasteiger partial charge in [0, 0.05) is 5.54 Å². The molecule has 21 heavy (non-hydrogen) atoms. The number of hydrogen-bond acceptors (Lipinski definition) is 1. The van der Waals surface area contributed by atoms with E-state index in [1.165, 1.54) is 89.9 Å². The second-order valence-corrected chi connectivity index (χ2v) is 7.63. The van der Waals surface area contributed by atoms with Crippen LogP contribution in [0.1, 0.15) is 118 Å². The van der Waals surface area contributed by atoms with Crippen molar-refractivity contribution in [3.8, 4) is 0 Å². The first kappa shape index (κ1) is 21.0. The molecule has 0 radical (unpaired) electrons. The van der Waals surface area contributed by atoms with Crippen LogP contribution < -0.4 is 5.73 Å². The van der Waals surface area contributed by atoms with Crippen molar-refractivity contribution in [2.24, 2.45) is 11.7 Å². The quantitative estimate of drug-likeness (QED) is 0.329. The Morgan fingerprint density at radius 2 is 0.952 bits per heavy atom. The fourth-order valence-electron chi connectivity index (χ4n) is 3.23. The lowest BCUT2D eigenvalue weighted by atomic mass is 9.80. The minimum absolute atomic E-state index is 0.00728. The predicted octanol–water partition coefficient (Wildman–Crippen LogP) is 6.84. The standard InChI is InChI=1S/C20H43N/c1-5-7-9-11-12-13-14-16-18-19(20(3,4)21)17-15-10-8-6-2/h19H,5-18,21H2,1-4H3. The number of nitrogens with two attached hydrogens (primary N) is 1. The third-order valence-corrected chi connectivity index (χ3v) is 4.86. The van der Waals surface area contributed by atoms with E-state index in [0.29, 0.717) is 0 Å². The van der Waals surface area contributed by atoms with Gasteiger partial charge in [0.05, 0.1) is 0 Å². The molecule has 1 atom stereocenters. The summed E-state index contributed by atoms with van der Waals surface area (Å²) in [6, 6.07) is 0. The highest BCUT2D eigenvalue weighted by atomic mass is 14.7. The van der Waals surface area contributed by atoms with Crippen LogP contribution in [0.25, 0.3) is 0 Å². The van der Waals surface area contributed by atoms with Gasteiger partial charge >= 0.3 is 0 Å². The van der Waals surface area contributed by atoms with Gasteiger partial charge in [-0.2, -0.15) is 0 Å². The van der Waals surface area contributed by atoms with Crippen molar-refractivity contribution < 1.29 is 0 Å². The van der Waals surface area contributed by atoms with Crippen molar-refractivity contribution in [2.75, 3.05) is 0 Å². The van der Waals surface area contributed by atoms with E-state index in [1.807, 2.05) is 0 Å². The predicted molar refractivity (Wildman–Crippen MR) is 97.7 cm³/mol. The number of hydrogen-bond donors (Lipinski definition) is 1. The first-order valence-electron chi connectivity index (χ1n) is 9.81. The van der Waals surface area contributed by atoms with E-state index < -0.39 is 0 Å². The molecule has 1 nitrogen and oxygen atoms in total. The summed E-state index contributed by atoms with van der Waals surface area (Å²) < 4.78 is 0. The summed E-state index contributed by atoms with van der Waals surface area (Å²) in [6.45, 7) is 9.02. The van der Waals surface area contributed by atoms with Gasteiger partial charge in [-0.1, -0.05) is 90.9 Å². The zero-order valence-corrected chi connectivity index (χ0v) is 15.6. The molecule has 0 bridgehead atoms. The molecule has 0 saturated heterocycles. The van der Waals surface area contributed by atoms with Gasteiger partial charge in [-0.05, 0) is 32.6 Å². The summed E-state index contributed by atoms with van der Waals surface area (Å²) in [5, 5.41) is 0. The molecule has 0 aliphatic heterocycles. The molecule has 128 valence electrons. The molecule has 0 aliphatic rings. The molecule has 0 saturated carbocycles. The second kappa shape index (κ2) is 13.6. The minimum Gasteiger partial charge on any atom is -0.325 e. The zero-order valence-electron chi connectivity index (χ0n) is 15.6. The highest BCUT2D eigenvalue weighted by Gasteiger charge is 2.23. The van der Waals surface area contributed by atoms with Crippen LogP contribution in [0.5, 0.6) is 0 Å². The summed E-state index contributed by atoms with van der Waals surface area (Å²) in [5.41, 5.74) is 6.40. The van der Waals surface area contributed by atoms with Gasteiger partial charge in [-0.3, -0.25) is 0 Å². The Morgan fingerprint density at radius 1 is 0.619 bits per heavy atom. The Hall–Kier alpha value is -0.0400. The molecule has 0 aromatic carbocycles. The minimum atomic E-state index is 0.00728. The smallest absolute Gasteiger partial charge is 0.0125 e. The van der Waals surface area contributed by atoms with E-state index in [2.05, 4.69) is 27.7 Å². The van der Waals surface area contributed by atoms with Gasteiger partial charge in [-0.15, -0.1) is 0 Å². The van der Waals surface area contributed by atoms with Crippen LogP contribution >= 0.6 is 0 Å². The van der Waals surface area contributed by atoms with Crippen LogP contribution in [0.3, 0.4) is 0 Å². The van der Waals surface area contributed by atoms with Crippen molar-refractivity contribution in [1.29, 1.82) is 0 Å².